The highest BCUT2D eigenvalue weighted by Crippen LogP contribution is 2.20. The minimum Gasteiger partial charge on any atom is -0.452 e. The van der Waals surface area contributed by atoms with Gasteiger partial charge in [-0.05, 0) is 24.6 Å². The lowest BCUT2D eigenvalue weighted by Gasteiger charge is -2.33. The van der Waals surface area contributed by atoms with Gasteiger partial charge in [-0.2, -0.15) is 0 Å². The lowest BCUT2D eigenvalue weighted by atomic mass is 10.2. The summed E-state index contributed by atoms with van der Waals surface area (Å²) in [6.07, 6.45) is 1.42. The van der Waals surface area contributed by atoms with Crippen LogP contribution >= 0.6 is 11.6 Å². The molecule has 0 saturated carbocycles. The molecule has 0 N–H and O–H groups in total. The van der Waals surface area contributed by atoms with Crippen LogP contribution in [0.4, 0.5) is 0 Å². The number of nitrogens with zero attached hydrogens (tertiary/aromatic N) is 1. The lowest BCUT2D eigenvalue weighted by molar-refractivity contribution is 0.00357. The lowest BCUT2D eigenvalue weighted by Crippen LogP contribution is -2.47. The molecule has 82 valence electrons. The largest absolute Gasteiger partial charge is 0.452 e. The van der Waals surface area contributed by atoms with E-state index in [0.717, 1.165) is 0 Å². The minimum atomic E-state index is -0.0930. The van der Waals surface area contributed by atoms with E-state index in [1.165, 1.54) is 6.26 Å². The normalized spacial score (nSPS) is 21.7. The van der Waals surface area contributed by atoms with Gasteiger partial charge in [0.15, 0.2) is 0 Å². The van der Waals surface area contributed by atoms with Crippen molar-refractivity contribution >= 4 is 17.5 Å². The van der Waals surface area contributed by atoms with Gasteiger partial charge in [0.1, 0.15) is 0 Å². The van der Waals surface area contributed by atoms with E-state index in [9.17, 15) is 4.79 Å². The second-order valence-electron chi connectivity index (χ2n) is 3.53. The van der Waals surface area contributed by atoms with Crippen molar-refractivity contribution in [2.45, 2.75) is 13.0 Å². The summed E-state index contributed by atoms with van der Waals surface area (Å²) < 4.78 is 10.2. The maximum absolute atomic E-state index is 12.0. The molecule has 1 aliphatic heterocycles. The third kappa shape index (κ3) is 2.01. The van der Waals surface area contributed by atoms with Crippen molar-refractivity contribution in [1.82, 2.24) is 4.90 Å². The van der Waals surface area contributed by atoms with E-state index in [4.69, 9.17) is 20.8 Å². The van der Waals surface area contributed by atoms with Crippen LogP contribution in [-0.2, 0) is 4.74 Å². The van der Waals surface area contributed by atoms with E-state index in [1.54, 1.807) is 11.0 Å². The molecule has 1 aromatic heterocycles. The van der Waals surface area contributed by atoms with Crippen LogP contribution in [-0.4, -0.2) is 36.6 Å². The molecule has 1 fully saturated rings. The van der Waals surface area contributed by atoms with Crippen LogP contribution in [0, 0.1) is 0 Å². The predicted octanol–water partition coefficient (Wildman–Crippen LogP) is 1.79. The molecule has 1 aromatic rings. The summed E-state index contributed by atoms with van der Waals surface area (Å²) in [5.41, 5.74) is 0.422. The number of furan rings is 1. The van der Waals surface area contributed by atoms with Crippen LogP contribution in [0.1, 0.15) is 17.3 Å². The number of ether oxygens (including phenoxy) is 1. The SMILES string of the molecule is CC1COCCN1C(=O)c1ccoc1Cl. The molecular weight excluding hydrogens is 218 g/mol. The van der Waals surface area contributed by atoms with E-state index in [-0.39, 0.29) is 17.2 Å². The van der Waals surface area contributed by atoms with Gasteiger partial charge in [-0.25, -0.2) is 0 Å². The number of hydrogen-bond donors (Lipinski definition) is 0. The summed E-state index contributed by atoms with van der Waals surface area (Å²) >= 11 is 5.76. The number of halogens is 1. The molecule has 2 rings (SSSR count). The fraction of sp³-hybridized carbons (Fsp3) is 0.500. The Morgan fingerprint density at radius 3 is 3.07 bits per heavy atom. The third-order valence-corrected chi connectivity index (χ3v) is 2.77. The summed E-state index contributed by atoms with van der Waals surface area (Å²) in [4.78, 5) is 13.8. The summed E-state index contributed by atoms with van der Waals surface area (Å²) in [7, 11) is 0. The van der Waals surface area contributed by atoms with Gasteiger partial charge in [-0.1, -0.05) is 0 Å². The Balaban J connectivity index is 2.17. The monoisotopic (exact) mass is 229 g/mol. The number of rotatable bonds is 1. The van der Waals surface area contributed by atoms with Crippen molar-refractivity contribution in [3.05, 3.63) is 23.1 Å². The van der Waals surface area contributed by atoms with Gasteiger partial charge in [-0.15, -0.1) is 0 Å². The highest BCUT2D eigenvalue weighted by Gasteiger charge is 2.26. The van der Waals surface area contributed by atoms with E-state index >= 15 is 0 Å². The van der Waals surface area contributed by atoms with Crippen molar-refractivity contribution in [1.29, 1.82) is 0 Å². The standard InChI is InChI=1S/C10H12ClNO3/c1-7-6-14-5-3-12(7)10(13)8-2-4-15-9(8)11/h2,4,7H,3,5-6H2,1H3. The molecule has 4 nitrogen and oxygen atoms in total. The first kappa shape index (κ1) is 10.5. The molecule has 0 radical (unpaired) electrons. The Labute approximate surface area is 92.7 Å². The Morgan fingerprint density at radius 1 is 1.67 bits per heavy atom. The molecule has 5 heteroatoms. The maximum Gasteiger partial charge on any atom is 0.259 e. The average Bonchev–Trinajstić information content (AvgIpc) is 2.64. The van der Waals surface area contributed by atoms with Crippen molar-refractivity contribution in [3.63, 3.8) is 0 Å². The van der Waals surface area contributed by atoms with Crippen LogP contribution in [0.5, 0.6) is 0 Å². The van der Waals surface area contributed by atoms with E-state index < -0.39 is 0 Å². The molecule has 2 heterocycles. The zero-order valence-corrected chi connectivity index (χ0v) is 9.16. The van der Waals surface area contributed by atoms with Gasteiger partial charge in [-0.3, -0.25) is 4.79 Å². The van der Waals surface area contributed by atoms with E-state index in [0.29, 0.717) is 25.3 Å². The smallest absolute Gasteiger partial charge is 0.259 e. The van der Waals surface area contributed by atoms with E-state index in [2.05, 4.69) is 0 Å². The molecule has 1 saturated heterocycles. The van der Waals surface area contributed by atoms with Gasteiger partial charge >= 0.3 is 0 Å². The van der Waals surface area contributed by atoms with E-state index in [1.807, 2.05) is 6.92 Å². The second-order valence-corrected chi connectivity index (χ2v) is 3.87. The summed E-state index contributed by atoms with van der Waals surface area (Å²) in [5.74, 6) is -0.0930. The number of amides is 1. The number of hydrogen-bond acceptors (Lipinski definition) is 3. The quantitative estimate of drug-likeness (QED) is 0.738. The van der Waals surface area contributed by atoms with Gasteiger partial charge in [0.2, 0.25) is 5.22 Å². The second kappa shape index (κ2) is 4.24. The Hall–Kier alpha value is -1.00. The summed E-state index contributed by atoms with van der Waals surface area (Å²) in [6, 6.07) is 1.67. The molecule has 0 aromatic carbocycles. The Bertz CT molecular complexity index is 363. The van der Waals surface area contributed by atoms with Gasteiger partial charge in [0, 0.05) is 6.54 Å². The first-order valence-electron chi connectivity index (χ1n) is 4.82. The molecule has 0 spiro atoms. The van der Waals surface area contributed by atoms with Gasteiger partial charge in [0.05, 0.1) is 31.1 Å². The highest BCUT2D eigenvalue weighted by atomic mass is 35.5. The molecule has 1 unspecified atom stereocenters. The zero-order chi connectivity index (χ0) is 10.8. The Kier molecular flexibility index (Phi) is 2.98. The minimum absolute atomic E-state index is 0.0808. The highest BCUT2D eigenvalue weighted by molar-refractivity contribution is 6.32. The van der Waals surface area contributed by atoms with Gasteiger partial charge < -0.3 is 14.1 Å². The third-order valence-electron chi connectivity index (χ3n) is 2.48. The molecule has 1 aliphatic rings. The molecule has 1 amide bonds. The van der Waals surface area contributed by atoms with Crippen molar-refractivity contribution in [2.24, 2.45) is 0 Å². The first-order chi connectivity index (χ1) is 7.20. The predicted molar refractivity (Wildman–Crippen MR) is 55.0 cm³/mol. The average molecular weight is 230 g/mol. The van der Waals surface area contributed by atoms with Crippen molar-refractivity contribution in [2.75, 3.05) is 19.8 Å². The topological polar surface area (TPSA) is 42.7 Å². The fourth-order valence-electron chi connectivity index (χ4n) is 1.63. The van der Waals surface area contributed by atoms with Crippen LogP contribution in [0.2, 0.25) is 5.22 Å². The van der Waals surface area contributed by atoms with Crippen LogP contribution in [0.15, 0.2) is 16.7 Å². The van der Waals surface area contributed by atoms with Crippen molar-refractivity contribution < 1.29 is 13.9 Å². The number of carbonyl (C=O) groups is 1. The molecule has 15 heavy (non-hydrogen) atoms. The van der Waals surface area contributed by atoms with Gasteiger partial charge in [0.25, 0.3) is 5.91 Å². The molecular formula is C10H12ClNO3. The number of carbonyl (C=O) groups excluding carboxylic acids is 1. The number of morpholine rings is 1. The maximum atomic E-state index is 12.0. The molecule has 0 aliphatic carbocycles. The zero-order valence-electron chi connectivity index (χ0n) is 8.40. The molecule has 0 bridgehead atoms. The summed E-state index contributed by atoms with van der Waals surface area (Å²) in [5, 5.41) is 0.152. The first-order valence-corrected chi connectivity index (χ1v) is 5.19. The fourth-order valence-corrected chi connectivity index (χ4v) is 1.82. The van der Waals surface area contributed by atoms with Crippen LogP contribution in [0.3, 0.4) is 0 Å². The van der Waals surface area contributed by atoms with Crippen LogP contribution in [0.25, 0.3) is 0 Å². The molecule has 1 atom stereocenters. The summed E-state index contributed by atoms with van der Waals surface area (Å²) in [6.45, 7) is 3.69. The van der Waals surface area contributed by atoms with Crippen LogP contribution < -0.4 is 0 Å². The van der Waals surface area contributed by atoms with Crippen molar-refractivity contribution in [3.8, 4) is 0 Å². The Morgan fingerprint density at radius 2 is 2.47 bits per heavy atom.